The number of rotatable bonds is 4. The van der Waals surface area contributed by atoms with Gasteiger partial charge in [-0.05, 0) is 32.0 Å². The molecule has 0 bridgehead atoms. The second-order valence-corrected chi connectivity index (χ2v) is 6.01. The molecule has 0 radical (unpaired) electrons. The molecule has 2 aliphatic heterocycles. The molecule has 0 aliphatic carbocycles. The van der Waals surface area contributed by atoms with Gasteiger partial charge in [-0.2, -0.15) is 0 Å². The zero-order valence-electron chi connectivity index (χ0n) is 14.3. The third-order valence-corrected chi connectivity index (χ3v) is 4.58. The fourth-order valence-electron chi connectivity index (χ4n) is 3.22. The standard InChI is InChI=1S/C17H20N4O4/c1-3-23-9-15-18-19-16-11(2)20(6-7-21(15)16)17(22)12-4-5-13-14(8-12)25-10-24-13/h4-5,8,11H,3,6-7,9-10H2,1-2H3. The van der Waals surface area contributed by atoms with E-state index in [9.17, 15) is 4.79 Å². The summed E-state index contributed by atoms with van der Waals surface area (Å²) in [7, 11) is 0. The number of carbonyl (C=O) groups excluding carboxylic acids is 1. The van der Waals surface area contributed by atoms with Crippen LogP contribution in [-0.4, -0.2) is 45.5 Å². The van der Waals surface area contributed by atoms with Gasteiger partial charge in [0.2, 0.25) is 6.79 Å². The Morgan fingerprint density at radius 2 is 2.12 bits per heavy atom. The predicted octanol–water partition coefficient (Wildman–Crippen LogP) is 1.76. The molecule has 4 rings (SSSR count). The molecule has 0 fully saturated rings. The van der Waals surface area contributed by atoms with E-state index < -0.39 is 0 Å². The number of carbonyl (C=O) groups is 1. The highest BCUT2D eigenvalue weighted by molar-refractivity contribution is 5.95. The van der Waals surface area contributed by atoms with Gasteiger partial charge in [0.15, 0.2) is 23.1 Å². The van der Waals surface area contributed by atoms with Gasteiger partial charge in [-0.25, -0.2) is 0 Å². The molecule has 3 heterocycles. The summed E-state index contributed by atoms with van der Waals surface area (Å²) in [6, 6.07) is 5.11. The average Bonchev–Trinajstić information content (AvgIpc) is 3.26. The Kier molecular flexibility index (Phi) is 4.04. The molecule has 8 nitrogen and oxygen atoms in total. The van der Waals surface area contributed by atoms with Crippen molar-refractivity contribution in [2.24, 2.45) is 0 Å². The van der Waals surface area contributed by atoms with Crippen LogP contribution in [-0.2, 0) is 17.9 Å². The maximum absolute atomic E-state index is 12.9. The van der Waals surface area contributed by atoms with Crippen molar-refractivity contribution in [3.8, 4) is 11.5 Å². The number of hydrogen-bond acceptors (Lipinski definition) is 6. The van der Waals surface area contributed by atoms with Gasteiger partial charge in [0, 0.05) is 25.3 Å². The Morgan fingerprint density at radius 1 is 1.28 bits per heavy atom. The highest BCUT2D eigenvalue weighted by atomic mass is 16.7. The molecule has 132 valence electrons. The minimum Gasteiger partial charge on any atom is -0.454 e. The maximum Gasteiger partial charge on any atom is 0.254 e. The quantitative estimate of drug-likeness (QED) is 0.841. The van der Waals surface area contributed by atoms with Crippen molar-refractivity contribution in [2.45, 2.75) is 33.0 Å². The van der Waals surface area contributed by atoms with Gasteiger partial charge in [-0.1, -0.05) is 0 Å². The van der Waals surface area contributed by atoms with Crippen molar-refractivity contribution in [3.05, 3.63) is 35.4 Å². The van der Waals surface area contributed by atoms with E-state index in [0.717, 1.165) is 11.6 Å². The molecule has 2 aromatic rings. The Bertz CT molecular complexity index is 804. The van der Waals surface area contributed by atoms with Gasteiger partial charge in [0.1, 0.15) is 6.61 Å². The van der Waals surface area contributed by atoms with Crippen molar-refractivity contribution in [3.63, 3.8) is 0 Å². The molecule has 0 spiro atoms. The number of amides is 1. The van der Waals surface area contributed by atoms with E-state index in [4.69, 9.17) is 14.2 Å². The molecule has 1 atom stereocenters. The molecule has 1 aromatic heterocycles. The average molecular weight is 344 g/mol. The summed E-state index contributed by atoms with van der Waals surface area (Å²) in [5.74, 6) is 2.82. The molecule has 2 aliphatic rings. The molecule has 1 unspecified atom stereocenters. The summed E-state index contributed by atoms with van der Waals surface area (Å²) in [5.41, 5.74) is 0.582. The lowest BCUT2D eigenvalue weighted by Crippen LogP contribution is -2.41. The van der Waals surface area contributed by atoms with Crippen molar-refractivity contribution in [1.82, 2.24) is 19.7 Å². The number of hydrogen-bond donors (Lipinski definition) is 0. The van der Waals surface area contributed by atoms with Crippen LogP contribution in [0.25, 0.3) is 0 Å². The zero-order chi connectivity index (χ0) is 17.4. The molecule has 8 heteroatoms. The third kappa shape index (κ3) is 2.72. The van der Waals surface area contributed by atoms with E-state index in [1.54, 1.807) is 18.2 Å². The van der Waals surface area contributed by atoms with Crippen molar-refractivity contribution in [1.29, 1.82) is 0 Å². The van der Waals surface area contributed by atoms with Gasteiger partial charge < -0.3 is 23.7 Å². The number of aromatic nitrogens is 3. The Labute approximate surface area is 145 Å². The molecule has 25 heavy (non-hydrogen) atoms. The summed E-state index contributed by atoms with van der Waals surface area (Å²) >= 11 is 0. The van der Waals surface area contributed by atoms with Crippen LogP contribution in [0.1, 0.15) is 41.9 Å². The largest absolute Gasteiger partial charge is 0.454 e. The molecule has 1 amide bonds. The van der Waals surface area contributed by atoms with Gasteiger partial charge in [0.25, 0.3) is 5.91 Å². The number of nitrogens with zero attached hydrogens (tertiary/aromatic N) is 4. The number of benzene rings is 1. The Hall–Kier alpha value is -2.61. The minimum absolute atomic E-state index is 0.0496. The van der Waals surface area contributed by atoms with Gasteiger partial charge in [0.05, 0.1) is 6.04 Å². The van der Waals surface area contributed by atoms with Crippen LogP contribution in [0.5, 0.6) is 11.5 Å². The topological polar surface area (TPSA) is 78.7 Å². The van der Waals surface area contributed by atoms with Gasteiger partial charge in [-0.15, -0.1) is 10.2 Å². The first-order valence-electron chi connectivity index (χ1n) is 8.39. The van der Waals surface area contributed by atoms with Crippen molar-refractivity contribution < 1.29 is 19.0 Å². The van der Waals surface area contributed by atoms with Crippen molar-refractivity contribution in [2.75, 3.05) is 19.9 Å². The summed E-state index contributed by atoms with van der Waals surface area (Å²) in [6.45, 7) is 6.43. The number of fused-ring (bicyclic) bond motifs is 2. The van der Waals surface area contributed by atoms with Crippen LogP contribution in [0, 0.1) is 0 Å². The SMILES string of the molecule is CCOCc1nnc2n1CCN(C(=O)c1ccc3c(c1)OCO3)C2C. The van der Waals surface area contributed by atoms with Crippen molar-refractivity contribution >= 4 is 5.91 Å². The second-order valence-electron chi connectivity index (χ2n) is 6.01. The fourth-order valence-corrected chi connectivity index (χ4v) is 3.22. The van der Waals surface area contributed by atoms with Crippen LogP contribution in [0.4, 0.5) is 0 Å². The summed E-state index contributed by atoms with van der Waals surface area (Å²) in [4.78, 5) is 14.8. The maximum atomic E-state index is 12.9. The Balaban J connectivity index is 1.56. The summed E-state index contributed by atoms with van der Waals surface area (Å²) < 4.78 is 18.1. The molecule has 0 N–H and O–H groups in total. The van der Waals surface area contributed by atoms with E-state index in [1.807, 2.05) is 23.3 Å². The summed E-state index contributed by atoms with van der Waals surface area (Å²) in [6.07, 6.45) is 0. The monoisotopic (exact) mass is 344 g/mol. The molecule has 1 aromatic carbocycles. The first-order chi connectivity index (χ1) is 12.2. The highest BCUT2D eigenvalue weighted by Crippen LogP contribution is 2.34. The molecular formula is C17H20N4O4. The molecule has 0 saturated carbocycles. The highest BCUT2D eigenvalue weighted by Gasteiger charge is 2.32. The lowest BCUT2D eigenvalue weighted by molar-refractivity contribution is 0.0629. The second kappa shape index (κ2) is 6.36. The van der Waals surface area contributed by atoms with E-state index in [2.05, 4.69) is 10.2 Å². The van der Waals surface area contributed by atoms with Crippen LogP contribution in [0.3, 0.4) is 0 Å². The van der Waals surface area contributed by atoms with Crippen LogP contribution in [0.15, 0.2) is 18.2 Å². The van der Waals surface area contributed by atoms with Crippen LogP contribution >= 0.6 is 0 Å². The molecule has 0 saturated heterocycles. The lowest BCUT2D eigenvalue weighted by atomic mass is 10.1. The van der Waals surface area contributed by atoms with Crippen LogP contribution < -0.4 is 9.47 Å². The number of ether oxygens (including phenoxy) is 3. The first-order valence-corrected chi connectivity index (χ1v) is 8.39. The predicted molar refractivity (Wildman–Crippen MR) is 87.4 cm³/mol. The minimum atomic E-state index is -0.158. The lowest BCUT2D eigenvalue weighted by Gasteiger charge is -2.33. The Morgan fingerprint density at radius 3 is 2.96 bits per heavy atom. The molecular weight excluding hydrogens is 324 g/mol. The fraction of sp³-hybridized carbons (Fsp3) is 0.471. The van der Waals surface area contributed by atoms with Gasteiger partial charge >= 0.3 is 0 Å². The smallest absolute Gasteiger partial charge is 0.254 e. The first kappa shape index (κ1) is 15.9. The summed E-state index contributed by atoms with van der Waals surface area (Å²) in [5, 5.41) is 8.48. The van der Waals surface area contributed by atoms with E-state index in [1.165, 1.54) is 0 Å². The normalized spacial score (nSPS) is 18.3. The zero-order valence-corrected chi connectivity index (χ0v) is 14.3. The third-order valence-electron chi connectivity index (χ3n) is 4.58. The van der Waals surface area contributed by atoms with E-state index in [-0.39, 0.29) is 18.7 Å². The van der Waals surface area contributed by atoms with Crippen LogP contribution in [0.2, 0.25) is 0 Å². The van der Waals surface area contributed by atoms with E-state index in [0.29, 0.717) is 43.4 Å². The van der Waals surface area contributed by atoms with Gasteiger partial charge in [-0.3, -0.25) is 4.79 Å². The van der Waals surface area contributed by atoms with E-state index >= 15 is 0 Å².